The summed E-state index contributed by atoms with van der Waals surface area (Å²) in [5.41, 5.74) is 0. The first-order valence-corrected chi connectivity index (χ1v) is 9.59. The summed E-state index contributed by atoms with van der Waals surface area (Å²) in [5.74, 6) is 3.03. The molecule has 2 aliphatic heterocycles. The number of nitrogens with zero attached hydrogens (tertiary/aromatic N) is 3. The molecule has 0 aromatic heterocycles. The summed E-state index contributed by atoms with van der Waals surface area (Å²) in [6, 6.07) is 0.670. The number of rotatable bonds is 4. The van der Waals surface area contributed by atoms with Gasteiger partial charge in [0.25, 0.3) is 0 Å². The van der Waals surface area contributed by atoms with Crippen LogP contribution in [0.15, 0.2) is 4.99 Å². The molecule has 0 aromatic rings. The van der Waals surface area contributed by atoms with E-state index in [1.807, 2.05) is 0 Å². The van der Waals surface area contributed by atoms with Crippen LogP contribution in [0, 0.1) is 11.8 Å². The van der Waals surface area contributed by atoms with Crippen LogP contribution in [0.4, 0.5) is 0 Å². The molecule has 3 atom stereocenters. The summed E-state index contributed by atoms with van der Waals surface area (Å²) in [4.78, 5) is 10.2. The fourth-order valence-corrected chi connectivity index (χ4v) is 4.71. The quantitative estimate of drug-likeness (QED) is 0.640. The summed E-state index contributed by atoms with van der Waals surface area (Å²) in [6.07, 6.45) is 8.42. The molecule has 0 amide bonds. The molecule has 0 bridgehead atoms. The molecule has 22 heavy (non-hydrogen) atoms. The van der Waals surface area contributed by atoms with Gasteiger partial charge < -0.3 is 10.2 Å². The Hall–Kier alpha value is -0.770. The van der Waals surface area contributed by atoms with Crippen molar-refractivity contribution in [1.82, 2.24) is 15.1 Å². The van der Waals surface area contributed by atoms with Gasteiger partial charge in [-0.2, -0.15) is 0 Å². The first-order valence-electron chi connectivity index (χ1n) is 9.59. The summed E-state index contributed by atoms with van der Waals surface area (Å²) < 4.78 is 0. The van der Waals surface area contributed by atoms with Crippen LogP contribution in [-0.2, 0) is 0 Å². The third kappa shape index (κ3) is 3.58. The van der Waals surface area contributed by atoms with E-state index in [9.17, 15) is 0 Å². The van der Waals surface area contributed by atoms with Crippen LogP contribution < -0.4 is 5.32 Å². The first kappa shape index (κ1) is 16.1. The molecule has 3 aliphatic rings. The molecule has 1 N–H and O–H groups in total. The van der Waals surface area contributed by atoms with E-state index in [2.05, 4.69) is 29.0 Å². The average molecular weight is 306 g/mol. The number of aliphatic imine (C=N–C) groups is 1. The van der Waals surface area contributed by atoms with Crippen molar-refractivity contribution in [3.05, 3.63) is 0 Å². The minimum atomic E-state index is 0.670. The maximum absolute atomic E-state index is 5.02. The number of guanidine groups is 1. The molecule has 3 unspecified atom stereocenters. The third-order valence-electron chi connectivity index (χ3n) is 5.97. The number of hydrogen-bond acceptors (Lipinski definition) is 2. The van der Waals surface area contributed by atoms with Gasteiger partial charge in [0.2, 0.25) is 0 Å². The Bertz CT molecular complexity index is 367. The Labute approximate surface area is 136 Å². The van der Waals surface area contributed by atoms with E-state index >= 15 is 0 Å². The Morgan fingerprint density at radius 3 is 2.41 bits per heavy atom. The second-order valence-corrected chi connectivity index (χ2v) is 7.33. The standard InChI is InChI=1S/C18H34N4/c1-3-19-18(20-12-17-10-7-11-21(17)4-2)22-13-15-8-5-6-9-16(15)14-22/h15-17H,3-14H2,1-2H3,(H,19,20). The summed E-state index contributed by atoms with van der Waals surface area (Å²) in [6.45, 7) is 11.3. The van der Waals surface area contributed by atoms with Gasteiger partial charge in [-0.15, -0.1) is 0 Å². The molecule has 4 nitrogen and oxygen atoms in total. The fraction of sp³-hybridized carbons (Fsp3) is 0.944. The first-order chi connectivity index (χ1) is 10.8. The number of likely N-dealkylation sites (N-methyl/N-ethyl adjacent to an activating group) is 1. The number of likely N-dealkylation sites (tertiary alicyclic amines) is 2. The largest absolute Gasteiger partial charge is 0.357 e. The highest BCUT2D eigenvalue weighted by molar-refractivity contribution is 5.80. The van der Waals surface area contributed by atoms with Crippen molar-refractivity contribution in [2.24, 2.45) is 16.8 Å². The van der Waals surface area contributed by atoms with Gasteiger partial charge in [0.1, 0.15) is 0 Å². The van der Waals surface area contributed by atoms with E-state index in [0.717, 1.165) is 24.9 Å². The van der Waals surface area contributed by atoms with Crippen LogP contribution in [0.3, 0.4) is 0 Å². The van der Waals surface area contributed by atoms with E-state index in [1.54, 1.807) is 0 Å². The lowest BCUT2D eigenvalue weighted by Crippen LogP contribution is -2.41. The SMILES string of the molecule is CCNC(=NCC1CCCN1CC)N1CC2CCCCC2C1. The maximum Gasteiger partial charge on any atom is 0.193 e. The van der Waals surface area contributed by atoms with Crippen LogP contribution in [0.5, 0.6) is 0 Å². The number of fused-ring (bicyclic) bond motifs is 1. The molecule has 1 saturated carbocycles. The van der Waals surface area contributed by atoms with Gasteiger partial charge in [-0.1, -0.05) is 19.8 Å². The Kier molecular flexibility index (Phi) is 5.61. The van der Waals surface area contributed by atoms with Crippen molar-refractivity contribution in [3.8, 4) is 0 Å². The number of nitrogens with one attached hydrogen (secondary N) is 1. The van der Waals surface area contributed by atoms with E-state index in [-0.39, 0.29) is 0 Å². The highest BCUT2D eigenvalue weighted by Crippen LogP contribution is 2.36. The van der Waals surface area contributed by atoms with E-state index < -0.39 is 0 Å². The van der Waals surface area contributed by atoms with Gasteiger partial charge in [0, 0.05) is 25.7 Å². The van der Waals surface area contributed by atoms with Crippen molar-refractivity contribution in [1.29, 1.82) is 0 Å². The monoisotopic (exact) mass is 306 g/mol. The second-order valence-electron chi connectivity index (χ2n) is 7.33. The van der Waals surface area contributed by atoms with Crippen LogP contribution >= 0.6 is 0 Å². The lowest BCUT2D eigenvalue weighted by molar-refractivity contribution is 0.272. The lowest BCUT2D eigenvalue weighted by atomic mass is 9.82. The smallest absolute Gasteiger partial charge is 0.193 e. The lowest BCUT2D eigenvalue weighted by Gasteiger charge is -2.24. The van der Waals surface area contributed by atoms with Crippen LogP contribution in [-0.4, -0.2) is 61.1 Å². The molecule has 0 radical (unpaired) electrons. The third-order valence-corrected chi connectivity index (χ3v) is 5.97. The molecule has 2 heterocycles. The van der Waals surface area contributed by atoms with Crippen LogP contribution in [0.1, 0.15) is 52.4 Å². The minimum absolute atomic E-state index is 0.670. The molecule has 4 heteroatoms. The van der Waals surface area contributed by atoms with Gasteiger partial charge in [0.15, 0.2) is 5.96 Å². The van der Waals surface area contributed by atoms with Crippen molar-refractivity contribution < 1.29 is 0 Å². The molecule has 2 saturated heterocycles. The summed E-state index contributed by atoms with van der Waals surface area (Å²) in [7, 11) is 0. The predicted molar refractivity (Wildman–Crippen MR) is 93.3 cm³/mol. The molecule has 126 valence electrons. The highest BCUT2D eigenvalue weighted by Gasteiger charge is 2.35. The van der Waals surface area contributed by atoms with E-state index in [0.29, 0.717) is 6.04 Å². The zero-order valence-electron chi connectivity index (χ0n) is 14.6. The van der Waals surface area contributed by atoms with Gasteiger partial charge >= 0.3 is 0 Å². The van der Waals surface area contributed by atoms with Crippen molar-refractivity contribution in [3.63, 3.8) is 0 Å². The van der Waals surface area contributed by atoms with Crippen LogP contribution in [0.25, 0.3) is 0 Å². The average Bonchev–Trinajstić information content (AvgIpc) is 3.17. The van der Waals surface area contributed by atoms with Crippen molar-refractivity contribution >= 4 is 5.96 Å². The van der Waals surface area contributed by atoms with E-state index in [1.165, 1.54) is 70.7 Å². The molecular weight excluding hydrogens is 272 g/mol. The van der Waals surface area contributed by atoms with Gasteiger partial charge in [0.05, 0.1) is 6.54 Å². The highest BCUT2D eigenvalue weighted by atomic mass is 15.3. The van der Waals surface area contributed by atoms with Gasteiger partial charge in [-0.05, 0) is 57.5 Å². The molecule has 1 aliphatic carbocycles. The molecule has 3 fully saturated rings. The molecule has 0 aromatic carbocycles. The number of hydrogen-bond donors (Lipinski definition) is 1. The van der Waals surface area contributed by atoms with E-state index in [4.69, 9.17) is 4.99 Å². The van der Waals surface area contributed by atoms with Crippen molar-refractivity contribution in [2.45, 2.75) is 58.4 Å². The Morgan fingerprint density at radius 1 is 1.05 bits per heavy atom. The fourth-order valence-electron chi connectivity index (χ4n) is 4.71. The predicted octanol–water partition coefficient (Wildman–Crippen LogP) is 2.56. The van der Waals surface area contributed by atoms with Gasteiger partial charge in [-0.25, -0.2) is 0 Å². The normalized spacial score (nSPS) is 33.3. The molecular formula is C18H34N4. The maximum atomic E-state index is 5.02. The van der Waals surface area contributed by atoms with Crippen molar-refractivity contribution in [2.75, 3.05) is 39.3 Å². The van der Waals surface area contributed by atoms with Crippen LogP contribution in [0.2, 0.25) is 0 Å². The Morgan fingerprint density at radius 2 is 1.77 bits per heavy atom. The second kappa shape index (κ2) is 7.67. The Balaban J connectivity index is 1.60. The topological polar surface area (TPSA) is 30.9 Å². The van der Waals surface area contributed by atoms with Gasteiger partial charge in [-0.3, -0.25) is 9.89 Å². The zero-order valence-corrected chi connectivity index (χ0v) is 14.6. The molecule has 0 spiro atoms. The summed E-state index contributed by atoms with van der Waals surface area (Å²) >= 11 is 0. The zero-order chi connectivity index (χ0) is 15.4. The summed E-state index contributed by atoms with van der Waals surface area (Å²) in [5, 5.41) is 3.55. The molecule has 3 rings (SSSR count). The minimum Gasteiger partial charge on any atom is -0.357 e.